The number of aliphatic hydroxyl groups is 1. The van der Waals surface area contributed by atoms with E-state index < -0.39 is 29.5 Å². The van der Waals surface area contributed by atoms with Gasteiger partial charge in [-0.2, -0.15) is 13.2 Å². The van der Waals surface area contributed by atoms with Crippen molar-refractivity contribution in [1.29, 1.82) is 0 Å². The Labute approximate surface area is 190 Å². The van der Waals surface area contributed by atoms with Crippen molar-refractivity contribution in [3.05, 3.63) is 59.7 Å². The first-order chi connectivity index (χ1) is 15.7. The molecule has 2 saturated heterocycles. The third-order valence-electron chi connectivity index (χ3n) is 6.44. The van der Waals surface area contributed by atoms with Crippen molar-refractivity contribution >= 4 is 11.8 Å². The Morgan fingerprint density at radius 2 is 1.85 bits per heavy atom. The number of carbonyl (C=O) groups excluding carboxylic acids is 1. The molecule has 1 atom stereocenters. The van der Waals surface area contributed by atoms with E-state index in [-0.39, 0.29) is 12.2 Å². The van der Waals surface area contributed by atoms with Crippen LogP contribution >= 0.6 is 0 Å². The van der Waals surface area contributed by atoms with Gasteiger partial charge < -0.3 is 19.5 Å². The number of ether oxygens (including phenoxy) is 2. The average Bonchev–Trinajstić information content (AvgIpc) is 3.19. The standard InChI is InChI=1S/C24H27F3N2O4/c1-32-20-7-5-17(6-8-20)23(31)10-13-28(14-11-23)12-9-21-16-29(22(30)33-21)19-4-2-3-18(15-19)24(25,26)27/h2-8,15,21,31H,9-14,16H2,1H3. The molecule has 33 heavy (non-hydrogen) atoms. The summed E-state index contributed by atoms with van der Waals surface area (Å²) in [4.78, 5) is 15.7. The van der Waals surface area contributed by atoms with Crippen molar-refractivity contribution < 1.29 is 32.5 Å². The molecule has 9 heteroatoms. The van der Waals surface area contributed by atoms with Gasteiger partial charge in [0, 0.05) is 25.3 Å². The second-order valence-electron chi connectivity index (χ2n) is 8.55. The van der Waals surface area contributed by atoms with Crippen LogP contribution in [0.25, 0.3) is 0 Å². The maximum atomic E-state index is 13.0. The second kappa shape index (κ2) is 9.23. The molecule has 0 radical (unpaired) electrons. The van der Waals surface area contributed by atoms with Gasteiger partial charge in [0.1, 0.15) is 11.9 Å². The molecule has 1 N–H and O–H groups in total. The number of alkyl halides is 3. The molecule has 0 aromatic heterocycles. The number of rotatable bonds is 6. The Bertz CT molecular complexity index is 972. The van der Waals surface area contributed by atoms with Gasteiger partial charge in [-0.3, -0.25) is 4.90 Å². The SMILES string of the molecule is COc1ccc(C2(O)CCN(CCC3CN(c4cccc(C(F)(F)F)c4)C(=O)O3)CC2)cc1. The highest BCUT2D eigenvalue weighted by molar-refractivity contribution is 5.89. The molecule has 2 aliphatic heterocycles. The molecule has 2 aromatic carbocycles. The highest BCUT2D eigenvalue weighted by atomic mass is 19.4. The second-order valence-corrected chi connectivity index (χ2v) is 8.55. The largest absolute Gasteiger partial charge is 0.497 e. The summed E-state index contributed by atoms with van der Waals surface area (Å²) in [6.07, 6.45) is -3.76. The minimum Gasteiger partial charge on any atom is -0.497 e. The Balaban J connectivity index is 1.29. The van der Waals surface area contributed by atoms with E-state index >= 15 is 0 Å². The van der Waals surface area contributed by atoms with Gasteiger partial charge in [-0.1, -0.05) is 18.2 Å². The Kier molecular flexibility index (Phi) is 6.54. The zero-order valence-electron chi connectivity index (χ0n) is 18.3. The normalized spacial score (nSPS) is 21.2. The maximum Gasteiger partial charge on any atom is 0.416 e. The minimum atomic E-state index is -4.47. The third kappa shape index (κ3) is 5.25. The van der Waals surface area contributed by atoms with Crippen LogP contribution in [0, 0.1) is 0 Å². The quantitative estimate of drug-likeness (QED) is 0.686. The van der Waals surface area contributed by atoms with Crippen molar-refractivity contribution in [2.75, 3.05) is 38.2 Å². The number of carbonyl (C=O) groups is 1. The van der Waals surface area contributed by atoms with Crippen LogP contribution in [0.3, 0.4) is 0 Å². The summed E-state index contributed by atoms with van der Waals surface area (Å²) in [7, 11) is 1.60. The molecule has 0 saturated carbocycles. The molecule has 2 fully saturated rings. The van der Waals surface area contributed by atoms with Crippen molar-refractivity contribution in [3.8, 4) is 5.75 Å². The van der Waals surface area contributed by atoms with Crippen LogP contribution in [0.2, 0.25) is 0 Å². The molecular weight excluding hydrogens is 437 g/mol. The van der Waals surface area contributed by atoms with Crippen LogP contribution in [0.1, 0.15) is 30.4 Å². The number of hydrogen-bond acceptors (Lipinski definition) is 5. The van der Waals surface area contributed by atoms with Gasteiger partial charge in [-0.25, -0.2) is 4.79 Å². The van der Waals surface area contributed by atoms with Crippen molar-refractivity contribution in [2.24, 2.45) is 0 Å². The summed E-state index contributed by atoms with van der Waals surface area (Å²) in [6.45, 7) is 2.28. The Hall–Kier alpha value is -2.78. The van der Waals surface area contributed by atoms with Gasteiger partial charge in [-0.15, -0.1) is 0 Å². The van der Waals surface area contributed by atoms with E-state index in [4.69, 9.17) is 9.47 Å². The number of anilines is 1. The molecule has 1 amide bonds. The molecule has 2 aromatic rings. The van der Waals surface area contributed by atoms with Gasteiger partial charge in [0.25, 0.3) is 0 Å². The summed E-state index contributed by atoms with van der Waals surface area (Å²) < 4.78 is 49.5. The summed E-state index contributed by atoms with van der Waals surface area (Å²) in [5, 5.41) is 11.1. The zero-order valence-corrected chi connectivity index (χ0v) is 18.3. The van der Waals surface area contributed by atoms with Crippen LogP contribution in [0.4, 0.5) is 23.7 Å². The van der Waals surface area contributed by atoms with E-state index in [1.165, 1.54) is 17.0 Å². The smallest absolute Gasteiger partial charge is 0.416 e. The Morgan fingerprint density at radius 1 is 1.15 bits per heavy atom. The molecule has 2 heterocycles. The number of amides is 1. The highest BCUT2D eigenvalue weighted by Crippen LogP contribution is 2.35. The predicted molar refractivity (Wildman–Crippen MR) is 116 cm³/mol. The number of nitrogens with zero attached hydrogens (tertiary/aromatic N) is 2. The summed E-state index contributed by atoms with van der Waals surface area (Å²) in [5.41, 5.74) is -0.638. The molecule has 4 rings (SSSR count). The van der Waals surface area contributed by atoms with Gasteiger partial charge in [-0.05, 0) is 55.2 Å². The van der Waals surface area contributed by atoms with Crippen LogP contribution in [0.15, 0.2) is 48.5 Å². The number of piperidine rings is 1. The molecule has 178 valence electrons. The van der Waals surface area contributed by atoms with Gasteiger partial charge in [0.05, 0.1) is 24.8 Å². The van der Waals surface area contributed by atoms with E-state index in [1.807, 2.05) is 24.3 Å². The lowest BCUT2D eigenvalue weighted by Crippen LogP contribution is -2.43. The maximum absolute atomic E-state index is 13.0. The minimum absolute atomic E-state index is 0.180. The van der Waals surface area contributed by atoms with Crippen molar-refractivity contribution in [2.45, 2.75) is 37.1 Å². The molecule has 0 spiro atoms. The molecule has 1 unspecified atom stereocenters. The average molecular weight is 464 g/mol. The number of cyclic esters (lactones) is 1. The van der Waals surface area contributed by atoms with Crippen molar-refractivity contribution in [3.63, 3.8) is 0 Å². The van der Waals surface area contributed by atoms with E-state index in [2.05, 4.69) is 4.90 Å². The van der Waals surface area contributed by atoms with E-state index in [0.717, 1.165) is 23.4 Å². The monoisotopic (exact) mass is 464 g/mol. The first-order valence-electron chi connectivity index (χ1n) is 10.9. The Morgan fingerprint density at radius 3 is 2.48 bits per heavy atom. The van der Waals surface area contributed by atoms with Crippen molar-refractivity contribution in [1.82, 2.24) is 4.90 Å². The fraction of sp³-hybridized carbons (Fsp3) is 0.458. The number of methoxy groups -OCH3 is 1. The molecule has 0 aliphatic carbocycles. The van der Waals surface area contributed by atoms with Gasteiger partial charge in [0.2, 0.25) is 0 Å². The number of hydrogen-bond donors (Lipinski definition) is 1. The first-order valence-corrected chi connectivity index (χ1v) is 10.9. The predicted octanol–water partition coefficient (Wildman–Crippen LogP) is 4.41. The third-order valence-corrected chi connectivity index (χ3v) is 6.44. The fourth-order valence-electron chi connectivity index (χ4n) is 4.40. The van der Waals surface area contributed by atoms with Crippen LogP contribution in [-0.2, 0) is 16.5 Å². The zero-order chi connectivity index (χ0) is 23.6. The lowest BCUT2D eigenvalue weighted by atomic mass is 9.84. The van der Waals surface area contributed by atoms with E-state index in [1.54, 1.807) is 7.11 Å². The number of benzene rings is 2. The van der Waals surface area contributed by atoms with Crippen LogP contribution in [0.5, 0.6) is 5.75 Å². The molecule has 0 bridgehead atoms. The van der Waals surface area contributed by atoms with E-state index in [0.29, 0.717) is 38.9 Å². The number of halogens is 3. The van der Waals surface area contributed by atoms with Gasteiger partial charge >= 0.3 is 12.3 Å². The van der Waals surface area contributed by atoms with E-state index in [9.17, 15) is 23.1 Å². The lowest BCUT2D eigenvalue weighted by Gasteiger charge is -2.38. The molecule has 6 nitrogen and oxygen atoms in total. The highest BCUT2D eigenvalue weighted by Gasteiger charge is 2.37. The lowest BCUT2D eigenvalue weighted by molar-refractivity contribution is -0.137. The number of likely N-dealkylation sites (tertiary alicyclic amines) is 1. The summed E-state index contributed by atoms with van der Waals surface area (Å²) in [6, 6.07) is 12.2. The topological polar surface area (TPSA) is 62.2 Å². The van der Waals surface area contributed by atoms with Crippen LogP contribution in [-0.4, -0.2) is 55.5 Å². The summed E-state index contributed by atoms with van der Waals surface area (Å²) >= 11 is 0. The van der Waals surface area contributed by atoms with Crippen LogP contribution < -0.4 is 9.64 Å². The summed E-state index contributed by atoms with van der Waals surface area (Å²) in [5.74, 6) is 0.741. The first kappa shape index (κ1) is 23.4. The molecule has 2 aliphatic rings. The molecular formula is C24H27F3N2O4. The van der Waals surface area contributed by atoms with Gasteiger partial charge in [0.15, 0.2) is 0 Å². The fourth-order valence-corrected chi connectivity index (χ4v) is 4.40.